The third-order valence-corrected chi connectivity index (χ3v) is 4.13. The van der Waals surface area contributed by atoms with Crippen LogP contribution in [0.25, 0.3) is 0 Å². The SMILES string of the molecule is CCCN(CCCOc1ccc(Cl)cc1)CC1CCCN1. The molecule has 1 saturated heterocycles. The fourth-order valence-corrected chi connectivity index (χ4v) is 2.97. The number of halogens is 1. The van der Waals surface area contributed by atoms with Crippen LogP contribution in [-0.4, -0.2) is 43.7 Å². The zero-order valence-electron chi connectivity index (χ0n) is 13.0. The van der Waals surface area contributed by atoms with Crippen LogP contribution in [0.2, 0.25) is 5.02 Å². The molecule has 1 heterocycles. The van der Waals surface area contributed by atoms with E-state index in [0.29, 0.717) is 6.04 Å². The van der Waals surface area contributed by atoms with E-state index >= 15 is 0 Å². The molecular formula is C17H27ClN2O. The zero-order valence-corrected chi connectivity index (χ0v) is 13.7. The summed E-state index contributed by atoms with van der Waals surface area (Å²) < 4.78 is 5.76. The second kappa shape index (κ2) is 9.29. The Hall–Kier alpha value is -0.770. The Morgan fingerprint density at radius 1 is 1.29 bits per heavy atom. The normalized spacial score (nSPS) is 18.3. The molecule has 0 saturated carbocycles. The maximum absolute atomic E-state index is 5.86. The Morgan fingerprint density at radius 2 is 2.10 bits per heavy atom. The van der Waals surface area contributed by atoms with Crippen molar-refractivity contribution < 1.29 is 4.74 Å². The molecule has 1 aliphatic heterocycles. The number of hydrogen-bond acceptors (Lipinski definition) is 3. The number of rotatable bonds is 9. The van der Waals surface area contributed by atoms with E-state index in [2.05, 4.69) is 17.1 Å². The Labute approximate surface area is 133 Å². The molecule has 0 amide bonds. The van der Waals surface area contributed by atoms with Gasteiger partial charge in [0.15, 0.2) is 0 Å². The van der Waals surface area contributed by atoms with Gasteiger partial charge in [-0.15, -0.1) is 0 Å². The van der Waals surface area contributed by atoms with Gasteiger partial charge in [0.1, 0.15) is 5.75 Å². The predicted molar refractivity (Wildman–Crippen MR) is 89.3 cm³/mol. The summed E-state index contributed by atoms with van der Waals surface area (Å²) in [7, 11) is 0. The van der Waals surface area contributed by atoms with Crippen molar-refractivity contribution in [2.24, 2.45) is 0 Å². The standard InChI is InChI=1S/C17H27ClN2O/c1-2-11-20(14-16-5-3-10-19-16)12-4-13-21-17-8-6-15(18)7-9-17/h6-9,16,19H,2-5,10-14H2,1H3. The Bertz CT molecular complexity index is 390. The molecule has 0 aliphatic carbocycles. The zero-order chi connectivity index (χ0) is 14.9. The molecule has 118 valence electrons. The molecule has 21 heavy (non-hydrogen) atoms. The molecule has 0 radical (unpaired) electrons. The molecule has 1 atom stereocenters. The van der Waals surface area contributed by atoms with Crippen LogP contribution in [0, 0.1) is 0 Å². The third kappa shape index (κ3) is 6.25. The molecule has 1 N–H and O–H groups in total. The first-order chi connectivity index (χ1) is 10.3. The van der Waals surface area contributed by atoms with Gasteiger partial charge < -0.3 is 15.0 Å². The molecule has 1 aromatic carbocycles. The number of hydrogen-bond donors (Lipinski definition) is 1. The van der Waals surface area contributed by atoms with Gasteiger partial charge in [-0.3, -0.25) is 0 Å². The molecule has 1 unspecified atom stereocenters. The van der Waals surface area contributed by atoms with Crippen LogP contribution >= 0.6 is 11.6 Å². The van der Waals surface area contributed by atoms with E-state index < -0.39 is 0 Å². The van der Waals surface area contributed by atoms with Gasteiger partial charge >= 0.3 is 0 Å². The van der Waals surface area contributed by atoms with Crippen molar-refractivity contribution in [3.05, 3.63) is 29.3 Å². The second-order valence-corrected chi connectivity index (χ2v) is 6.19. The molecule has 1 aliphatic rings. The van der Waals surface area contributed by atoms with Gasteiger partial charge in [0.25, 0.3) is 0 Å². The first-order valence-electron chi connectivity index (χ1n) is 8.12. The minimum Gasteiger partial charge on any atom is -0.494 e. The fraction of sp³-hybridized carbons (Fsp3) is 0.647. The van der Waals surface area contributed by atoms with Crippen molar-refractivity contribution in [2.75, 3.05) is 32.8 Å². The summed E-state index contributed by atoms with van der Waals surface area (Å²) >= 11 is 5.86. The molecule has 1 aromatic rings. The van der Waals surface area contributed by atoms with Crippen LogP contribution in [-0.2, 0) is 0 Å². The highest BCUT2D eigenvalue weighted by Crippen LogP contribution is 2.15. The van der Waals surface area contributed by atoms with E-state index in [0.717, 1.165) is 30.3 Å². The fourth-order valence-electron chi connectivity index (χ4n) is 2.84. The lowest BCUT2D eigenvalue weighted by molar-refractivity contribution is 0.219. The Kier molecular flexibility index (Phi) is 7.34. The second-order valence-electron chi connectivity index (χ2n) is 5.75. The lowest BCUT2D eigenvalue weighted by Crippen LogP contribution is -2.38. The summed E-state index contributed by atoms with van der Waals surface area (Å²) in [4.78, 5) is 2.56. The maximum atomic E-state index is 5.86. The first kappa shape index (κ1) is 16.6. The average molecular weight is 311 g/mol. The molecule has 2 rings (SSSR count). The van der Waals surface area contributed by atoms with Crippen LogP contribution in [0.3, 0.4) is 0 Å². The number of nitrogens with one attached hydrogen (secondary N) is 1. The summed E-state index contributed by atoms with van der Waals surface area (Å²) in [6.45, 7) is 7.66. The molecule has 3 nitrogen and oxygen atoms in total. The summed E-state index contributed by atoms with van der Waals surface area (Å²) in [6.07, 6.45) is 4.92. The van der Waals surface area contributed by atoms with E-state index in [1.807, 2.05) is 24.3 Å². The lowest BCUT2D eigenvalue weighted by atomic mass is 10.2. The van der Waals surface area contributed by atoms with Crippen LogP contribution in [0.4, 0.5) is 0 Å². The van der Waals surface area contributed by atoms with E-state index in [4.69, 9.17) is 16.3 Å². The van der Waals surface area contributed by atoms with Crippen LogP contribution in [0.5, 0.6) is 5.75 Å². The van der Waals surface area contributed by atoms with E-state index in [1.165, 1.54) is 38.9 Å². The quantitative estimate of drug-likeness (QED) is 0.706. The highest BCUT2D eigenvalue weighted by atomic mass is 35.5. The number of benzene rings is 1. The first-order valence-corrected chi connectivity index (χ1v) is 8.50. The highest BCUT2D eigenvalue weighted by Gasteiger charge is 2.17. The highest BCUT2D eigenvalue weighted by molar-refractivity contribution is 6.30. The topological polar surface area (TPSA) is 24.5 Å². The van der Waals surface area contributed by atoms with E-state index in [-0.39, 0.29) is 0 Å². The smallest absolute Gasteiger partial charge is 0.119 e. The average Bonchev–Trinajstić information content (AvgIpc) is 2.98. The largest absolute Gasteiger partial charge is 0.494 e. The number of nitrogens with zero attached hydrogens (tertiary/aromatic N) is 1. The molecule has 1 fully saturated rings. The van der Waals surface area contributed by atoms with Crippen molar-refractivity contribution >= 4 is 11.6 Å². The van der Waals surface area contributed by atoms with Gasteiger partial charge in [0.05, 0.1) is 6.61 Å². The van der Waals surface area contributed by atoms with Gasteiger partial charge in [-0.25, -0.2) is 0 Å². The van der Waals surface area contributed by atoms with Crippen molar-refractivity contribution in [2.45, 2.75) is 38.6 Å². The van der Waals surface area contributed by atoms with Crippen molar-refractivity contribution in [1.29, 1.82) is 0 Å². The Balaban J connectivity index is 1.65. The molecule has 0 bridgehead atoms. The van der Waals surface area contributed by atoms with Gasteiger partial charge in [-0.1, -0.05) is 18.5 Å². The van der Waals surface area contributed by atoms with Gasteiger partial charge in [0.2, 0.25) is 0 Å². The predicted octanol–water partition coefficient (Wildman–Crippen LogP) is 3.57. The van der Waals surface area contributed by atoms with E-state index in [1.54, 1.807) is 0 Å². The van der Waals surface area contributed by atoms with Crippen LogP contribution in [0.1, 0.15) is 32.6 Å². The third-order valence-electron chi connectivity index (χ3n) is 3.88. The number of ether oxygens (including phenoxy) is 1. The summed E-state index contributed by atoms with van der Waals surface area (Å²) in [6, 6.07) is 8.27. The summed E-state index contributed by atoms with van der Waals surface area (Å²) in [5.41, 5.74) is 0. The lowest BCUT2D eigenvalue weighted by Gasteiger charge is -2.25. The van der Waals surface area contributed by atoms with Gasteiger partial charge in [0, 0.05) is 24.2 Å². The molecule has 4 heteroatoms. The van der Waals surface area contributed by atoms with Crippen molar-refractivity contribution in [3.8, 4) is 5.75 Å². The van der Waals surface area contributed by atoms with Crippen molar-refractivity contribution in [3.63, 3.8) is 0 Å². The molecule has 0 aromatic heterocycles. The van der Waals surface area contributed by atoms with Crippen LogP contribution in [0.15, 0.2) is 24.3 Å². The van der Waals surface area contributed by atoms with E-state index in [9.17, 15) is 0 Å². The molecule has 0 spiro atoms. The maximum Gasteiger partial charge on any atom is 0.119 e. The van der Waals surface area contributed by atoms with Crippen LogP contribution < -0.4 is 10.1 Å². The minimum atomic E-state index is 0.689. The summed E-state index contributed by atoms with van der Waals surface area (Å²) in [5.74, 6) is 0.902. The summed E-state index contributed by atoms with van der Waals surface area (Å²) in [5, 5.41) is 4.33. The Morgan fingerprint density at radius 3 is 2.76 bits per heavy atom. The monoisotopic (exact) mass is 310 g/mol. The van der Waals surface area contributed by atoms with Gasteiger partial charge in [-0.2, -0.15) is 0 Å². The van der Waals surface area contributed by atoms with Crippen molar-refractivity contribution in [1.82, 2.24) is 10.2 Å². The minimum absolute atomic E-state index is 0.689. The van der Waals surface area contributed by atoms with Gasteiger partial charge in [-0.05, 0) is 63.0 Å². The molecular weight excluding hydrogens is 284 g/mol.